The molecular formula is C20H20N6O4. The van der Waals surface area contributed by atoms with Crippen molar-refractivity contribution in [2.24, 2.45) is 14.1 Å². The summed E-state index contributed by atoms with van der Waals surface area (Å²) in [6.45, 7) is -0.851. The van der Waals surface area contributed by atoms with E-state index in [-0.39, 0.29) is 17.7 Å². The second-order valence-corrected chi connectivity index (χ2v) is 6.61. The molecule has 0 spiro atoms. The molecule has 0 saturated carbocycles. The Morgan fingerprint density at radius 2 is 2.00 bits per heavy atom. The fraction of sp³-hybridized carbons (Fsp3) is 0.250. The van der Waals surface area contributed by atoms with E-state index in [4.69, 9.17) is 6.42 Å². The zero-order chi connectivity index (χ0) is 22.0. The molecule has 10 nitrogen and oxygen atoms in total. The maximum Gasteiger partial charge on any atom is 0.332 e. The molecule has 0 aliphatic heterocycles. The van der Waals surface area contributed by atoms with Crippen molar-refractivity contribution in [3.63, 3.8) is 0 Å². The number of aryl methyl sites for hydroxylation is 2. The fourth-order valence-corrected chi connectivity index (χ4v) is 3.07. The van der Waals surface area contributed by atoms with Gasteiger partial charge in [0.05, 0.1) is 6.33 Å². The molecule has 0 aliphatic carbocycles. The molecule has 0 bridgehead atoms. The standard InChI is InChI=1S/C20H20N6O4/c1-5-13-7-6-8-14(9-13)25(10-15(27)21-2)16(28)11-26-19(29)17-18(22-12-23(17)3)24(4)20(26)30/h1,6-9,12H,10-11H2,2-4H3,(H,21,27). The Labute approximate surface area is 171 Å². The van der Waals surface area contributed by atoms with Gasteiger partial charge in [0.2, 0.25) is 11.8 Å². The van der Waals surface area contributed by atoms with Crippen molar-refractivity contribution in [1.82, 2.24) is 24.0 Å². The van der Waals surface area contributed by atoms with Crippen LogP contribution in [0, 0.1) is 12.3 Å². The van der Waals surface area contributed by atoms with Gasteiger partial charge in [-0.25, -0.2) is 14.3 Å². The number of amides is 2. The highest BCUT2D eigenvalue weighted by Crippen LogP contribution is 2.16. The average Bonchev–Trinajstić information content (AvgIpc) is 3.14. The topological polar surface area (TPSA) is 111 Å². The maximum absolute atomic E-state index is 13.1. The lowest BCUT2D eigenvalue weighted by atomic mass is 10.2. The van der Waals surface area contributed by atoms with Crippen molar-refractivity contribution in [3.8, 4) is 12.3 Å². The van der Waals surface area contributed by atoms with Crippen molar-refractivity contribution < 1.29 is 9.59 Å². The third kappa shape index (κ3) is 3.60. The highest BCUT2D eigenvalue weighted by molar-refractivity contribution is 5.98. The number of nitrogens with one attached hydrogen (secondary N) is 1. The van der Waals surface area contributed by atoms with E-state index in [9.17, 15) is 19.2 Å². The number of carbonyl (C=O) groups is 2. The molecule has 10 heteroatoms. The summed E-state index contributed by atoms with van der Waals surface area (Å²) >= 11 is 0. The second-order valence-electron chi connectivity index (χ2n) is 6.61. The minimum absolute atomic E-state index is 0.192. The lowest BCUT2D eigenvalue weighted by Gasteiger charge is -2.22. The van der Waals surface area contributed by atoms with E-state index in [2.05, 4.69) is 16.2 Å². The van der Waals surface area contributed by atoms with Crippen molar-refractivity contribution in [2.75, 3.05) is 18.5 Å². The lowest BCUT2D eigenvalue weighted by molar-refractivity contribution is -0.123. The first-order valence-corrected chi connectivity index (χ1v) is 8.97. The highest BCUT2D eigenvalue weighted by Gasteiger charge is 2.23. The van der Waals surface area contributed by atoms with Crippen LogP contribution in [0.2, 0.25) is 0 Å². The number of imidazole rings is 1. The summed E-state index contributed by atoms with van der Waals surface area (Å²) in [5, 5.41) is 2.45. The predicted octanol–water partition coefficient (Wildman–Crippen LogP) is -0.806. The average molecular weight is 408 g/mol. The van der Waals surface area contributed by atoms with Gasteiger partial charge in [0.15, 0.2) is 11.2 Å². The number of hydrogen-bond donors (Lipinski definition) is 1. The number of terminal acetylenes is 1. The Morgan fingerprint density at radius 3 is 2.67 bits per heavy atom. The van der Waals surface area contributed by atoms with Gasteiger partial charge in [-0.15, -0.1) is 6.42 Å². The van der Waals surface area contributed by atoms with Crippen LogP contribution in [0.4, 0.5) is 5.69 Å². The maximum atomic E-state index is 13.1. The Kier molecular flexibility index (Phi) is 5.55. The molecule has 2 heterocycles. The molecule has 0 aliphatic rings. The molecular weight excluding hydrogens is 388 g/mol. The van der Waals surface area contributed by atoms with Gasteiger partial charge in [0.1, 0.15) is 13.1 Å². The normalized spacial score (nSPS) is 10.6. The van der Waals surface area contributed by atoms with Gasteiger partial charge in [0, 0.05) is 32.4 Å². The Bertz CT molecular complexity index is 1310. The largest absolute Gasteiger partial charge is 0.358 e. The van der Waals surface area contributed by atoms with E-state index in [1.54, 1.807) is 31.3 Å². The van der Waals surface area contributed by atoms with Crippen LogP contribution in [0.15, 0.2) is 40.2 Å². The van der Waals surface area contributed by atoms with Crippen LogP contribution in [0.1, 0.15) is 5.56 Å². The summed E-state index contributed by atoms with van der Waals surface area (Å²) in [5.74, 6) is 1.43. The summed E-state index contributed by atoms with van der Waals surface area (Å²) < 4.78 is 3.51. The molecule has 3 rings (SSSR count). The van der Waals surface area contributed by atoms with Gasteiger partial charge in [-0.3, -0.25) is 19.0 Å². The number of fused-ring (bicyclic) bond motifs is 1. The van der Waals surface area contributed by atoms with Crippen LogP contribution in [0.5, 0.6) is 0 Å². The second kappa shape index (κ2) is 8.08. The number of likely N-dealkylation sites (N-methyl/N-ethyl adjacent to an activating group) is 1. The molecule has 1 aromatic carbocycles. The number of hydrogen-bond acceptors (Lipinski definition) is 5. The zero-order valence-corrected chi connectivity index (χ0v) is 16.7. The number of nitrogens with zero attached hydrogens (tertiary/aromatic N) is 5. The number of benzene rings is 1. The summed E-state index contributed by atoms with van der Waals surface area (Å²) in [6, 6.07) is 6.53. The van der Waals surface area contributed by atoms with E-state index in [1.807, 2.05) is 0 Å². The molecule has 0 unspecified atom stereocenters. The molecule has 0 atom stereocenters. The van der Waals surface area contributed by atoms with E-state index >= 15 is 0 Å². The molecule has 154 valence electrons. The fourth-order valence-electron chi connectivity index (χ4n) is 3.07. The smallest absolute Gasteiger partial charge is 0.332 e. The lowest BCUT2D eigenvalue weighted by Crippen LogP contribution is -2.47. The van der Waals surface area contributed by atoms with Gasteiger partial charge in [-0.05, 0) is 18.2 Å². The Hall–Kier alpha value is -4.13. The molecule has 0 fully saturated rings. The summed E-state index contributed by atoms with van der Waals surface area (Å²) in [7, 11) is 4.53. The third-order valence-electron chi connectivity index (χ3n) is 4.70. The van der Waals surface area contributed by atoms with Crippen LogP contribution in [0.3, 0.4) is 0 Å². The van der Waals surface area contributed by atoms with Crippen LogP contribution in [-0.2, 0) is 30.2 Å². The highest BCUT2D eigenvalue weighted by atomic mass is 16.2. The van der Waals surface area contributed by atoms with E-state index in [0.717, 1.165) is 4.57 Å². The van der Waals surface area contributed by atoms with Crippen molar-refractivity contribution in [2.45, 2.75) is 6.54 Å². The summed E-state index contributed by atoms with van der Waals surface area (Å²) in [4.78, 5) is 55.9. The van der Waals surface area contributed by atoms with E-state index in [1.165, 1.54) is 34.5 Å². The summed E-state index contributed by atoms with van der Waals surface area (Å²) in [6.07, 6.45) is 6.85. The molecule has 2 amide bonds. The van der Waals surface area contributed by atoms with Crippen LogP contribution >= 0.6 is 0 Å². The zero-order valence-electron chi connectivity index (χ0n) is 16.7. The summed E-state index contributed by atoms with van der Waals surface area (Å²) in [5.41, 5.74) is -0.00937. The number of anilines is 1. The van der Waals surface area contributed by atoms with Crippen molar-refractivity contribution in [1.29, 1.82) is 0 Å². The van der Waals surface area contributed by atoms with Crippen LogP contribution < -0.4 is 21.5 Å². The van der Waals surface area contributed by atoms with Crippen molar-refractivity contribution in [3.05, 3.63) is 57.0 Å². The van der Waals surface area contributed by atoms with E-state index < -0.39 is 29.6 Å². The molecule has 3 aromatic rings. The van der Waals surface area contributed by atoms with Gasteiger partial charge < -0.3 is 14.8 Å². The number of aromatic nitrogens is 4. The first-order valence-electron chi connectivity index (χ1n) is 8.97. The number of carbonyl (C=O) groups excluding carboxylic acids is 2. The van der Waals surface area contributed by atoms with E-state index in [0.29, 0.717) is 11.3 Å². The van der Waals surface area contributed by atoms with Gasteiger partial charge in [0.25, 0.3) is 5.56 Å². The van der Waals surface area contributed by atoms with Crippen LogP contribution in [-0.4, -0.2) is 44.1 Å². The van der Waals surface area contributed by atoms with Crippen molar-refractivity contribution >= 4 is 28.7 Å². The van der Waals surface area contributed by atoms with Gasteiger partial charge in [-0.1, -0.05) is 12.0 Å². The monoisotopic (exact) mass is 408 g/mol. The minimum Gasteiger partial charge on any atom is -0.358 e. The first kappa shape index (κ1) is 20.6. The Morgan fingerprint density at radius 1 is 1.27 bits per heavy atom. The SMILES string of the molecule is C#Cc1cccc(N(CC(=O)NC)C(=O)Cn2c(=O)c3c(ncn3C)n(C)c2=O)c1. The van der Waals surface area contributed by atoms with Gasteiger partial charge in [-0.2, -0.15) is 0 Å². The van der Waals surface area contributed by atoms with Crippen LogP contribution in [0.25, 0.3) is 11.2 Å². The molecule has 2 aromatic heterocycles. The molecule has 0 radical (unpaired) electrons. The first-order chi connectivity index (χ1) is 14.3. The molecule has 1 N–H and O–H groups in total. The third-order valence-corrected chi connectivity index (χ3v) is 4.70. The quantitative estimate of drug-likeness (QED) is 0.556. The molecule has 0 saturated heterocycles. The van der Waals surface area contributed by atoms with Gasteiger partial charge >= 0.3 is 5.69 Å². The predicted molar refractivity (Wildman–Crippen MR) is 111 cm³/mol. The minimum atomic E-state index is -0.684. The Balaban J connectivity index is 2.07. The molecule has 30 heavy (non-hydrogen) atoms. The number of rotatable bonds is 5.